The van der Waals surface area contributed by atoms with Crippen LogP contribution in [0.3, 0.4) is 0 Å². The van der Waals surface area contributed by atoms with Crippen molar-refractivity contribution >= 4 is 11.6 Å². The first-order valence-electron chi connectivity index (χ1n) is 6.82. The molecule has 0 aliphatic carbocycles. The van der Waals surface area contributed by atoms with Crippen LogP contribution >= 0.6 is 0 Å². The van der Waals surface area contributed by atoms with Gasteiger partial charge in [-0.1, -0.05) is 26.7 Å². The standard InChI is InChI=1S/C13H25N5O/c1-4-6-10(8-19-3)17-12-11(7-5-2)13(18-14)16-9-15-12/h9-10H,4-8,14H2,1-3H3,(H2,15,16,17,18). The van der Waals surface area contributed by atoms with Gasteiger partial charge in [-0.15, -0.1) is 0 Å². The second kappa shape index (κ2) is 8.66. The molecule has 0 fully saturated rings. The molecule has 19 heavy (non-hydrogen) atoms. The highest BCUT2D eigenvalue weighted by molar-refractivity contribution is 5.57. The lowest BCUT2D eigenvalue weighted by Crippen LogP contribution is -2.26. The molecule has 0 saturated carbocycles. The molecule has 0 amide bonds. The molecule has 1 rings (SSSR count). The molecule has 1 atom stereocenters. The number of rotatable bonds is 9. The fourth-order valence-corrected chi connectivity index (χ4v) is 2.09. The minimum Gasteiger partial charge on any atom is -0.383 e. The molecule has 0 aliphatic heterocycles. The van der Waals surface area contributed by atoms with Gasteiger partial charge < -0.3 is 15.5 Å². The number of hydrogen-bond acceptors (Lipinski definition) is 6. The van der Waals surface area contributed by atoms with Crippen molar-refractivity contribution in [2.24, 2.45) is 5.84 Å². The van der Waals surface area contributed by atoms with E-state index in [4.69, 9.17) is 10.6 Å². The summed E-state index contributed by atoms with van der Waals surface area (Å²) in [5.74, 6) is 7.04. The molecule has 1 unspecified atom stereocenters. The van der Waals surface area contributed by atoms with E-state index in [1.807, 2.05) is 0 Å². The van der Waals surface area contributed by atoms with Crippen LogP contribution in [0, 0.1) is 0 Å². The Labute approximate surface area is 115 Å². The van der Waals surface area contributed by atoms with Gasteiger partial charge in [0.25, 0.3) is 0 Å². The summed E-state index contributed by atoms with van der Waals surface area (Å²) in [4.78, 5) is 8.49. The maximum absolute atomic E-state index is 5.51. The van der Waals surface area contributed by atoms with Crippen molar-refractivity contribution in [3.63, 3.8) is 0 Å². The van der Waals surface area contributed by atoms with E-state index in [1.165, 1.54) is 6.33 Å². The Kier molecular flexibility index (Phi) is 7.14. The van der Waals surface area contributed by atoms with Crippen molar-refractivity contribution in [2.45, 2.75) is 45.6 Å². The van der Waals surface area contributed by atoms with Gasteiger partial charge in [0, 0.05) is 12.7 Å². The molecule has 6 nitrogen and oxygen atoms in total. The van der Waals surface area contributed by atoms with Gasteiger partial charge in [-0.25, -0.2) is 15.8 Å². The molecule has 0 bridgehead atoms. The van der Waals surface area contributed by atoms with Crippen LogP contribution in [0.25, 0.3) is 0 Å². The first-order chi connectivity index (χ1) is 9.26. The van der Waals surface area contributed by atoms with Crippen molar-refractivity contribution in [3.05, 3.63) is 11.9 Å². The quantitative estimate of drug-likeness (QED) is 0.468. The molecule has 1 aromatic heterocycles. The van der Waals surface area contributed by atoms with Crippen molar-refractivity contribution < 1.29 is 4.74 Å². The largest absolute Gasteiger partial charge is 0.383 e. The summed E-state index contributed by atoms with van der Waals surface area (Å²) in [7, 11) is 1.71. The van der Waals surface area contributed by atoms with Gasteiger partial charge in [-0.3, -0.25) is 0 Å². The third-order valence-electron chi connectivity index (χ3n) is 2.93. The molecule has 108 valence electrons. The Hall–Kier alpha value is -1.40. The van der Waals surface area contributed by atoms with Gasteiger partial charge in [-0.2, -0.15) is 0 Å². The minimum atomic E-state index is 0.256. The molecule has 0 radical (unpaired) electrons. The number of nitrogens with one attached hydrogen (secondary N) is 2. The molecular formula is C13H25N5O. The van der Waals surface area contributed by atoms with Gasteiger partial charge >= 0.3 is 0 Å². The third-order valence-corrected chi connectivity index (χ3v) is 2.93. The molecule has 4 N–H and O–H groups in total. The summed E-state index contributed by atoms with van der Waals surface area (Å²) in [5, 5.41) is 3.44. The van der Waals surface area contributed by atoms with Gasteiger partial charge in [0.15, 0.2) is 0 Å². The average molecular weight is 267 g/mol. The summed E-state index contributed by atoms with van der Waals surface area (Å²) in [6.45, 7) is 4.94. The molecule has 1 heterocycles. The van der Waals surface area contributed by atoms with Gasteiger partial charge in [0.05, 0.1) is 12.6 Å². The number of ether oxygens (including phenoxy) is 1. The highest BCUT2D eigenvalue weighted by Gasteiger charge is 2.14. The van der Waals surface area contributed by atoms with Crippen LogP contribution in [0.1, 0.15) is 38.7 Å². The zero-order chi connectivity index (χ0) is 14.1. The fourth-order valence-electron chi connectivity index (χ4n) is 2.09. The highest BCUT2D eigenvalue weighted by Crippen LogP contribution is 2.22. The Morgan fingerprint density at radius 2 is 2.00 bits per heavy atom. The maximum Gasteiger partial charge on any atom is 0.148 e. The van der Waals surface area contributed by atoms with Crippen molar-refractivity contribution in [1.29, 1.82) is 0 Å². The van der Waals surface area contributed by atoms with Crippen LogP contribution in [-0.4, -0.2) is 29.7 Å². The molecule has 0 spiro atoms. The van der Waals surface area contributed by atoms with Gasteiger partial charge in [0.2, 0.25) is 0 Å². The molecule has 0 aliphatic rings. The first-order valence-corrected chi connectivity index (χ1v) is 6.82. The van der Waals surface area contributed by atoms with E-state index in [1.54, 1.807) is 7.11 Å². The second-order valence-corrected chi connectivity index (χ2v) is 4.53. The Balaban J connectivity index is 2.90. The van der Waals surface area contributed by atoms with E-state index < -0.39 is 0 Å². The number of hydrazine groups is 1. The van der Waals surface area contributed by atoms with Crippen LogP contribution < -0.4 is 16.6 Å². The van der Waals surface area contributed by atoms with Crippen molar-refractivity contribution in [1.82, 2.24) is 9.97 Å². The normalized spacial score (nSPS) is 12.2. The van der Waals surface area contributed by atoms with E-state index in [0.29, 0.717) is 12.4 Å². The third kappa shape index (κ3) is 4.65. The van der Waals surface area contributed by atoms with E-state index in [-0.39, 0.29) is 6.04 Å². The van der Waals surface area contributed by atoms with Crippen LogP contribution in [0.15, 0.2) is 6.33 Å². The molecule has 1 aromatic rings. The fraction of sp³-hybridized carbons (Fsp3) is 0.692. The second-order valence-electron chi connectivity index (χ2n) is 4.53. The van der Waals surface area contributed by atoms with Gasteiger partial charge in [-0.05, 0) is 12.8 Å². The average Bonchev–Trinajstić information content (AvgIpc) is 2.41. The minimum absolute atomic E-state index is 0.256. The SMILES string of the molecule is CCCc1c(NN)ncnc1NC(CCC)COC. The molecular weight excluding hydrogens is 242 g/mol. The number of aromatic nitrogens is 2. The molecule has 0 aromatic carbocycles. The van der Waals surface area contributed by atoms with E-state index in [9.17, 15) is 0 Å². The monoisotopic (exact) mass is 267 g/mol. The number of anilines is 2. The van der Waals surface area contributed by atoms with Crippen molar-refractivity contribution in [2.75, 3.05) is 24.5 Å². The number of nitrogens with zero attached hydrogens (tertiary/aromatic N) is 2. The first kappa shape index (κ1) is 15.7. The van der Waals surface area contributed by atoms with Crippen LogP contribution in [0.5, 0.6) is 0 Å². The van der Waals surface area contributed by atoms with E-state index in [2.05, 4.69) is 34.6 Å². The number of nitrogens with two attached hydrogens (primary N) is 1. The van der Waals surface area contributed by atoms with E-state index in [0.717, 1.165) is 37.1 Å². The summed E-state index contributed by atoms with van der Waals surface area (Å²) in [6.07, 6.45) is 5.55. The lowest BCUT2D eigenvalue weighted by molar-refractivity contribution is 0.182. The Morgan fingerprint density at radius 3 is 2.58 bits per heavy atom. The van der Waals surface area contributed by atoms with Crippen molar-refractivity contribution in [3.8, 4) is 0 Å². The Bertz CT molecular complexity index is 366. The molecule has 0 saturated heterocycles. The van der Waals surface area contributed by atoms with Crippen LogP contribution in [-0.2, 0) is 11.2 Å². The van der Waals surface area contributed by atoms with Crippen LogP contribution in [0.4, 0.5) is 11.6 Å². The number of nitrogen functional groups attached to an aromatic ring is 1. The topological polar surface area (TPSA) is 85.1 Å². The van der Waals surface area contributed by atoms with Gasteiger partial charge in [0.1, 0.15) is 18.0 Å². The lowest BCUT2D eigenvalue weighted by atomic mass is 10.1. The summed E-state index contributed by atoms with van der Waals surface area (Å²) >= 11 is 0. The molecule has 6 heteroatoms. The summed E-state index contributed by atoms with van der Waals surface area (Å²) < 4.78 is 5.24. The zero-order valence-electron chi connectivity index (χ0n) is 12.1. The predicted octanol–water partition coefficient (Wildman–Crippen LogP) is 1.94. The predicted molar refractivity (Wildman–Crippen MR) is 78.0 cm³/mol. The van der Waals surface area contributed by atoms with Crippen LogP contribution in [0.2, 0.25) is 0 Å². The summed E-state index contributed by atoms with van der Waals surface area (Å²) in [5.41, 5.74) is 3.67. The highest BCUT2D eigenvalue weighted by atomic mass is 16.5. The lowest BCUT2D eigenvalue weighted by Gasteiger charge is -2.20. The number of hydrogen-bond donors (Lipinski definition) is 3. The Morgan fingerprint density at radius 1 is 1.26 bits per heavy atom. The zero-order valence-corrected chi connectivity index (χ0v) is 12.1. The smallest absolute Gasteiger partial charge is 0.148 e. The maximum atomic E-state index is 5.51. The summed E-state index contributed by atoms with van der Waals surface area (Å²) in [6, 6.07) is 0.256. The van der Waals surface area contributed by atoms with E-state index >= 15 is 0 Å². The number of methoxy groups -OCH3 is 1.